The van der Waals surface area contributed by atoms with E-state index < -0.39 is 5.91 Å². The van der Waals surface area contributed by atoms with Crippen LogP contribution in [0.5, 0.6) is 0 Å². The highest BCUT2D eigenvalue weighted by molar-refractivity contribution is 5.89. The Morgan fingerprint density at radius 2 is 2.40 bits per heavy atom. The zero-order valence-corrected chi connectivity index (χ0v) is 4.96. The van der Waals surface area contributed by atoms with Crippen molar-refractivity contribution in [2.45, 2.75) is 0 Å². The largest absolute Gasteiger partial charge is 0.366 e. The van der Waals surface area contributed by atoms with E-state index in [1.165, 1.54) is 0 Å². The molecule has 1 amide bonds. The van der Waals surface area contributed by atoms with Gasteiger partial charge >= 0.3 is 5.91 Å². The minimum atomic E-state index is -0.552. The summed E-state index contributed by atoms with van der Waals surface area (Å²) in [5.41, 5.74) is 6.96. The Balaban J connectivity index is 2.85. The van der Waals surface area contributed by atoms with Crippen molar-refractivity contribution in [3.8, 4) is 0 Å². The molecule has 0 saturated heterocycles. The first-order valence-electron chi connectivity index (χ1n) is 2.43. The fourth-order valence-electron chi connectivity index (χ4n) is 0.445. The summed E-state index contributed by atoms with van der Waals surface area (Å²) in [7, 11) is 0. The van der Waals surface area contributed by atoms with Crippen LogP contribution in [0.2, 0.25) is 0 Å². The van der Waals surface area contributed by atoms with Gasteiger partial charge in [0.05, 0.1) is 0 Å². The Labute approximate surface area is 55.8 Å². The van der Waals surface area contributed by atoms with E-state index in [9.17, 15) is 4.79 Å². The van der Waals surface area contributed by atoms with Crippen molar-refractivity contribution in [1.82, 2.24) is 20.6 Å². The minimum absolute atomic E-state index is 0.000000000000000222. The molecule has 0 aliphatic carbocycles. The van der Waals surface area contributed by atoms with Gasteiger partial charge in [-0.2, -0.15) is 4.98 Å². The average Bonchev–Trinajstić information content (AvgIpc) is 2.34. The van der Waals surface area contributed by atoms with E-state index >= 15 is 0 Å². The SMILES string of the molecule is NNC(=O)c1nc(N)n[nH]1. The molecule has 7 heteroatoms. The third-order valence-electron chi connectivity index (χ3n) is 0.849. The molecule has 10 heavy (non-hydrogen) atoms. The van der Waals surface area contributed by atoms with Crippen LogP contribution in [0.1, 0.15) is 10.6 Å². The molecule has 0 bridgehead atoms. The van der Waals surface area contributed by atoms with E-state index in [1.54, 1.807) is 0 Å². The zero-order chi connectivity index (χ0) is 7.56. The van der Waals surface area contributed by atoms with Gasteiger partial charge in [-0.25, -0.2) is 5.84 Å². The minimum Gasteiger partial charge on any atom is -0.366 e. The van der Waals surface area contributed by atoms with Crippen LogP contribution >= 0.6 is 0 Å². The molecule has 1 aromatic rings. The van der Waals surface area contributed by atoms with E-state index in [1.807, 2.05) is 5.43 Å². The predicted molar refractivity (Wildman–Crippen MR) is 32.4 cm³/mol. The topological polar surface area (TPSA) is 123 Å². The Kier molecular flexibility index (Phi) is 1.50. The molecule has 7 nitrogen and oxygen atoms in total. The molecule has 1 rings (SSSR count). The van der Waals surface area contributed by atoms with Crippen molar-refractivity contribution >= 4 is 11.9 Å². The highest BCUT2D eigenvalue weighted by Gasteiger charge is 2.06. The number of anilines is 1. The van der Waals surface area contributed by atoms with Gasteiger partial charge in [0, 0.05) is 0 Å². The monoisotopic (exact) mass is 142 g/mol. The van der Waals surface area contributed by atoms with Crippen LogP contribution in [-0.4, -0.2) is 21.1 Å². The highest BCUT2D eigenvalue weighted by atomic mass is 16.2. The van der Waals surface area contributed by atoms with Crippen LogP contribution in [0, 0.1) is 0 Å². The number of nitrogens with two attached hydrogens (primary N) is 2. The summed E-state index contributed by atoms with van der Waals surface area (Å²) in [4.78, 5) is 14.1. The molecule has 0 aliphatic rings. The Bertz CT molecular complexity index is 241. The normalized spacial score (nSPS) is 9.30. The number of aromatic amines is 1. The molecule has 6 N–H and O–H groups in total. The Morgan fingerprint density at radius 1 is 1.70 bits per heavy atom. The molecule has 0 aromatic carbocycles. The first-order valence-corrected chi connectivity index (χ1v) is 2.43. The Hall–Kier alpha value is -1.63. The number of nitrogens with zero attached hydrogens (tertiary/aromatic N) is 2. The van der Waals surface area contributed by atoms with E-state index in [2.05, 4.69) is 15.2 Å². The van der Waals surface area contributed by atoms with E-state index in [-0.39, 0.29) is 11.8 Å². The number of rotatable bonds is 1. The summed E-state index contributed by atoms with van der Waals surface area (Å²) in [5.74, 6) is 4.25. The van der Waals surface area contributed by atoms with Crippen molar-refractivity contribution in [2.24, 2.45) is 5.84 Å². The van der Waals surface area contributed by atoms with Crippen molar-refractivity contribution in [3.05, 3.63) is 5.82 Å². The summed E-state index contributed by atoms with van der Waals surface area (Å²) < 4.78 is 0. The number of H-pyrrole nitrogens is 1. The highest BCUT2D eigenvalue weighted by Crippen LogP contribution is 1.90. The predicted octanol–water partition coefficient (Wildman–Crippen LogP) is -2.01. The number of hydrogen-bond donors (Lipinski definition) is 4. The fraction of sp³-hybridized carbons (Fsp3) is 0. The lowest BCUT2D eigenvalue weighted by molar-refractivity contribution is 0.0944. The lowest BCUT2D eigenvalue weighted by atomic mass is 10.6. The summed E-state index contributed by atoms with van der Waals surface area (Å²) in [5, 5.41) is 5.69. The van der Waals surface area contributed by atoms with Crippen LogP contribution in [0.3, 0.4) is 0 Å². The van der Waals surface area contributed by atoms with Crippen LogP contribution in [0.15, 0.2) is 0 Å². The molecular formula is C3H6N6O. The van der Waals surface area contributed by atoms with Gasteiger partial charge < -0.3 is 5.73 Å². The number of hydrazine groups is 1. The lowest BCUT2D eigenvalue weighted by Gasteiger charge is -1.89. The number of aromatic nitrogens is 3. The van der Waals surface area contributed by atoms with E-state index in [4.69, 9.17) is 11.6 Å². The molecule has 0 atom stereocenters. The number of carbonyl (C=O) groups is 1. The van der Waals surface area contributed by atoms with Gasteiger partial charge in [0.25, 0.3) is 0 Å². The third-order valence-corrected chi connectivity index (χ3v) is 0.849. The van der Waals surface area contributed by atoms with Crippen molar-refractivity contribution in [3.63, 3.8) is 0 Å². The fourth-order valence-corrected chi connectivity index (χ4v) is 0.445. The molecule has 54 valence electrons. The van der Waals surface area contributed by atoms with E-state index in [0.717, 1.165) is 0 Å². The molecule has 1 heterocycles. The van der Waals surface area contributed by atoms with Gasteiger partial charge in [0.2, 0.25) is 11.8 Å². The summed E-state index contributed by atoms with van der Waals surface area (Å²) >= 11 is 0. The van der Waals surface area contributed by atoms with E-state index in [0.29, 0.717) is 0 Å². The maximum absolute atomic E-state index is 10.6. The van der Waals surface area contributed by atoms with Crippen molar-refractivity contribution < 1.29 is 4.79 Å². The average molecular weight is 142 g/mol. The van der Waals surface area contributed by atoms with Gasteiger partial charge in [0.15, 0.2) is 0 Å². The zero-order valence-electron chi connectivity index (χ0n) is 4.96. The first-order chi connectivity index (χ1) is 4.74. The number of nitrogen functional groups attached to an aromatic ring is 2. The third kappa shape index (κ3) is 1.03. The number of hydrogen-bond acceptors (Lipinski definition) is 5. The number of amides is 1. The standard InChI is InChI=1S/C3H6N6O/c4-3-6-1(8-9-3)2(10)7-5/h5H2,(H,7,10)(H3,4,6,8,9). The molecule has 0 unspecified atom stereocenters. The second-order valence-electron chi connectivity index (χ2n) is 1.52. The lowest BCUT2D eigenvalue weighted by Crippen LogP contribution is -2.30. The van der Waals surface area contributed by atoms with Gasteiger partial charge in [-0.1, -0.05) is 0 Å². The van der Waals surface area contributed by atoms with Crippen molar-refractivity contribution in [1.29, 1.82) is 0 Å². The smallest absolute Gasteiger partial charge is 0.302 e. The number of carbonyl (C=O) groups excluding carboxylic acids is 1. The summed E-state index contributed by atoms with van der Waals surface area (Å²) in [6, 6.07) is 0. The molecule has 1 aromatic heterocycles. The van der Waals surface area contributed by atoms with Gasteiger partial charge in [-0.15, -0.1) is 5.10 Å². The second-order valence-corrected chi connectivity index (χ2v) is 1.52. The van der Waals surface area contributed by atoms with Gasteiger partial charge in [-0.05, 0) is 0 Å². The maximum atomic E-state index is 10.6. The second kappa shape index (κ2) is 2.31. The quantitative estimate of drug-likeness (QED) is 0.205. The molecule has 0 radical (unpaired) electrons. The van der Waals surface area contributed by atoms with Crippen molar-refractivity contribution in [2.75, 3.05) is 5.73 Å². The Morgan fingerprint density at radius 3 is 2.80 bits per heavy atom. The van der Waals surface area contributed by atoms with Gasteiger partial charge in [0.1, 0.15) is 0 Å². The molecule has 0 saturated carbocycles. The maximum Gasteiger partial charge on any atom is 0.302 e. The van der Waals surface area contributed by atoms with Crippen LogP contribution in [-0.2, 0) is 0 Å². The number of nitrogens with one attached hydrogen (secondary N) is 2. The molecule has 0 aliphatic heterocycles. The first kappa shape index (κ1) is 6.49. The molecule has 0 spiro atoms. The molecular weight excluding hydrogens is 136 g/mol. The van der Waals surface area contributed by atoms with Crippen LogP contribution < -0.4 is 17.0 Å². The summed E-state index contributed by atoms with van der Waals surface area (Å²) in [6.07, 6.45) is 0. The summed E-state index contributed by atoms with van der Waals surface area (Å²) in [6.45, 7) is 0. The van der Waals surface area contributed by atoms with Crippen LogP contribution in [0.4, 0.5) is 5.95 Å². The molecule has 0 fully saturated rings. The van der Waals surface area contributed by atoms with Crippen LogP contribution in [0.25, 0.3) is 0 Å². The van der Waals surface area contributed by atoms with Gasteiger partial charge in [-0.3, -0.25) is 15.3 Å².